The quantitative estimate of drug-likeness (QED) is 0.269. The topological polar surface area (TPSA) is 48.0 Å². The van der Waals surface area contributed by atoms with Crippen molar-refractivity contribution in [2.45, 2.75) is 57.7 Å². The average Bonchev–Trinajstić information content (AvgIpc) is 3.09. The predicted molar refractivity (Wildman–Crippen MR) is 143 cm³/mol. The number of carbonyl (C=O) groups excluding carboxylic acids is 1. The second-order valence-electron chi connectivity index (χ2n) is 10.0. The van der Waals surface area contributed by atoms with E-state index in [0.29, 0.717) is 29.7 Å². The van der Waals surface area contributed by atoms with Gasteiger partial charge in [0.05, 0.1) is 13.0 Å². The van der Waals surface area contributed by atoms with Crippen LogP contribution < -0.4 is 9.47 Å². The molecule has 0 unspecified atom stereocenters. The molecule has 2 heterocycles. The highest BCUT2D eigenvalue weighted by atomic mass is 127. The van der Waals surface area contributed by atoms with Crippen LogP contribution in [0, 0.1) is 3.57 Å². The van der Waals surface area contributed by atoms with Gasteiger partial charge in [0.15, 0.2) is 0 Å². The van der Waals surface area contributed by atoms with E-state index >= 15 is 0 Å². The van der Waals surface area contributed by atoms with Gasteiger partial charge in [-0.1, -0.05) is 29.3 Å². The molecule has 1 fully saturated rings. The Balaban J connectivity index is 1.34. The van der Waals surface area contributed by atoms with Crippen LogP contribution in [0.25, 0.3) is 0 Å². The molecule has 2 aliphatic heterocycles. The fourth-order valence-electron chi connectivity index (χ4n) is 4.57. The summed E-state index contributed by atoms with van der Waals surface area (Å²) in [5.74, 6) is 1.48. The third kappa shape index (κ3) is 6.12. The Morgan fingerprint density at radius 3 is 2.47 bits per heavy atom. The molecule has 0 N–H and O–H groups in total. The molecule has 8 heteroatoms. The predicted octanol–water partition coefficient (Wildman–Crippen LogP) is 6.63. The molecule has 0 saturated carbocycles. The molecular weight excluding hydrogens is 588 g/mol. The molecule has 5 nitrogen and oxygen atoms in total. The van der Waals surface area contributed by atoms with Crippen LogP contribution in [0.3, 0.4) is 0 Å². The first-order valence-corrected chi connectivity index (χ1v) is 13.4. The number of carbonyl (C=O) groups is 1. The molecule has 1 saturated heterocycles. The number of halogens is 3. The largest absolute Gasteiger partial charge is 0.492 e. The number of piperidine rings is 1. The van der Waals surface area contributed by atoms with Crippen LogP contribution in [-0.4, -0.2) is 42.7 Å². The number of rotatable bonds is 6. The first-order valence-electron chi connectivity index (χ1n) is 11.5. The minimum atomic E-state index is -0.436. The van der Waals surface area contributed by atoms with Gasteiger partial charge in [-0.3, -0.25) is 4.79 Å². The summed E-state index contributed by atoms with van der Waals surface area (Å²) in [6.45, 7) is 9.28. The normalized spacial score (nSPS) is 17.4. The van der Waals surface area contributed by atoms with Gasteiger partial charge < -0.3 is 19.1 Å². The van der Waals surface area contributed by atoms with Crippen LogP contribution in [-0.2, 0) is 21.6 Å². The second kappa shape index (κ2) is 10.4. The van der Waals surface area contributed by atoms with Crippen LogP contribution >= 0.6 is 45.8 Å². The lowest BCUT2D eigenvalue weighted by Gasteiger charge is -2.38. The number of nitrogens with zero attached hydrogens (tertiary/aromatic N) is 1. The molecule has 0 bridgehead atoms. The summed E-state index contributed by atoms with van der Waals surface area (Å²) in [5, 5.41) is 1.21. The Hall–Kier alpha value is -1.22. The lowest BCUT2D eigenvalue weighted by atomic mass is 9.74. The molecule has 2 aliphatic rings. The number of ether oxygens (including phenoxy) is 3. The summed E-state index contributed by atoms with van der Waals surface area (Å²) >= 11 is 14.9. The molecule has 0 aromatic heterocycles. The molecule has 4 rings (SSSR count). The summed E-state index contributed by atoms with van der Waals surface area (Å²) in [6.07, 6.45) is 2.43. The van der Waals surface area contributed by atoms with E-state index in [-0.39, 0.29) is 11.4 Å². The summed E-state index contributed by atoms with van der Waals surface area (Å²) in [4.78, 5) is 14.4. The van der Waals surface area contributed by atoms with Crippen molar-refractivity contribution in [2.75, 3.05) is 26.2 Å². The van der Waals surface area contributed by atoms with Crippen molar-refractivity contribution < 1.29 is 19.0 Å². The van der Waals surface area contributed by atoms with Gasteiger partial charge in [0, 0.05) is 42.8 Å². The Bertz CT molecular complexity index is 1040. The zero-order valence-electron chi connectivity index (χ0n) is 19.8. The Labute approximate surface area is 225 Å². The van der Waals surface area contributed by atoms with Gasteiger partial charge >= 0.3 is 5.97 Å². The third-order valence-electron chi connectivity index (χ3n) is 6.38. The van der Waals surface area contributed by atoms with Crippen molar-refractivity contribution in [1.29, 1.82) is 0 Å². The Morgan fingerprint density at radius 2 is 1.82 bits per heavy atom. The standard InChI is InChI=1S/C26H30Cl2INO4/c1-25(2,3)34-24(31)6-9-30-10-7-26(8-11-30)16-33-23-14-18(4-5-20(23)26)32-15-19-21(27)12-17(29)13-22(19)28/h4-5,12-14H,6-11,15-16H2,1-3H3. The minimum Gasteiger partial charge on any atom is -0.492 e. The number of hydrogen-bond acceptors (Lipinski definition) is 5. The van der Waals surface area contributed by atoms with E-state index in [9.17, 15) is 4.79 Å². The lowest BCUT2D eigenvalue weighted by Crippen LogP contribution is -2.44. The fourth-order valence-corrected chi connectivity index (χ4v) is 6.16. The third-order valence-corrected chi connectivity index (χ3v) is 7.68. The molecule has 0 amide bonds. The van der Waals surface area contributed by atoms with Gasteiger partial charge in [-0.2, -0.15) is 0 Å². The molecular formula is C26H30Cl2INO4. The number of likely N-dealkylation sites (tertiary alicyclic amines) is 1. The number of fused-ring (bicyclic) bond motifs is 2. The molecule has 2 aromatic rings. The summed E-state index contributed by atoms with van der Waals surface area (Å²) in [5.41, 5.74) is 1.62. The van der Waals surface area contributed by atoms with E-state index in [1.807, 2.05) is 45.0 Å². The molecule has 0 radical (unpaired) electrons. The van der Waals surface area contributed by atoms with Crippen molar-refractivity contribution >= 4 is 51.8 Å². The van der Waals surface area contributed by atoms with Crippen molar-refractivity contribution in [2.24, 2.45) is 0 Å². The van der Waals surface area contributed by atoms with Crippen LogP contribution in [0.5, 0.6) is 11.5 Å². The minimum absolute atomic E-state index is 0.0268. The van der Waals surface area contributed by atoms with Gasteiger partial charge in [0.25, 0.3) is 0 Å². The lowest BCUT2D eigenvalue weighted by molar-refractivity contribution is -0.155. The highest BCUT2D eigenvalue weighted by molar-refractivity contribution is 14.1. The van der Waals surface area contributed by atoms with Gasteiger partial charge in [-0.05, 0) is 87.5 Å². The van der Waals surface area contributed by atoms with Crippen molar-refractivity contribution in [3.8, 4) is 11.5 Å². The number of hydrogen-bond donors (Lipinski definition) is 0. The van der Waals surface area contributed by atoms with Crippen LogP contribution in [0.4, 0.5) is 0 Å². The zero-order valence-corrected chi connectivity index (χ0v) is 23.4. The smallest absolute Gasteiger partial charge is 0.307 e. The van der Waals surface area contributed by atoms with Gasteiger partial charge in [0.2, 0.25) is 0 Å². The van der Waals surface area contributed by atoms with Crippen LogP contribution in [0.1, 0.15) is 51.2 Å². The number of esters is 1. The molecule has 34 heavy (non-hydrogen) atoms. The van der Waals surface area contributed by atoms with Crippen molar-refractivity contribution in [3.63, 3.8) is 0 Å². The van der Waals surface area contributed by atoms with E-state index in [4.69, 9.17) is 37.4 Å². The highest BCUT2D eigenvalue weighted by Gasteiger charge is 2.43. The van der Waals surface area contributed by atoms with E-state index in [1.165, 1.54) is 5.56 Å². The monoisotopic (exact) mass is 617 g/mol. The second-order valence-corrected chi connectivity index (χ2v) is 12.1. The fraction of sp³-hybridized carbons (Fsp3) is 0.500. The van der Waals surface area contributed by atoms with Gasteiger partial charge in [-0.25, -0.2) is 0 Å². The highest BCUT2D eigenvalue weighted by Crippen LogP contribution is 2.46. The summed E-state index contributed by atoms with van der Waals surface area (Å²) < 4.78 is 18.5. The summed E-state index contributed by atoms with van der Waals surface area (Å²) in [7, 11) is 0. The first-order chi connectivity index (χ1) is 16.0. The van der Waals surface area contributed by atoms with Crippen LogP contribution in [0.2, 0.25) is 10.0 Å². The molecule has 2 aromatic carbocycles. The van der Waals surface area contributed by atoms with E-state index in [0.717, 1.165) is 53.1 Å². The Kier molecular flexibility index (Phi) is 7.92. The van der Waals surface area contributed by atoms with Gasteiger partial charge in [-0.15, -0.1) is 0 Å². The van der Waals surface area contributed by atoms with E-state index < -0.39 is 5.60 Å². The average molecular weight is 618 g/mol. The first kappa shape index (κ1) is 25.9. The SMILES string of the molecule is CC(C)(C)OC(=O)CCN1CCC2(CC1)COc1cc(OCc3c(Cl)cc(I)cc3Cl)ccc12. The zero-order chi connectivity index (χ0) is 24.5. The van der Waals surface area contributed by atoms with Crippen molar-refractivity contribution in [3.05, 3.63) is 55.1 Å². The number of benzene rings is 2. The molecule has 0 atom stereocenters. The maximum absolute atomic E-state index is 12.0. The molecule has 0 aliphatic carbocycles. The maximum Gasteiger partial charge on any atom is 0.307 e. The van der Waals surface area contributed by atoms with E-state index in [2.05, 4.69) is 33.6 Å². The molecule has 184 valence electrons. The van der Waals surface area contributed by atoms with E-state index in [1.54, 1.807) is 0 Å². The maximum atomic E-state index is 12.0. The molecule has 1 spiro atoms. The summed E-state index contributed by atoms with van der Waals surface area (Å²) in [6, 6.07) is 9.85. The van der Waals surface area contributed by atoms with Gasteiger partial charge in [0.1, 0.15) is 23.7 Å². The van der Waals surface area contributed by atoms with Crippen LogP contribution in [0.15, 0.2) is 30.3 Å². The Morgan fingerprint density at radius 1 is 1.15 bits per heavy atom. The van der Waals surface area contributed by atoms with Crippen molar-refractivity contribution in [1.82, 2.24) is 4.90 Å².